The molecule has 1 aromatic heterocycles. The summed E-state index contributed by atoms with van der Waals surface area (Å²) in [5.41, 5.74) is 3.57. The summed E-state index contributed by atoms with van der Waals surface area (Å²) >= 11 is 0. The molecule has 1 aromatic carbocycles. The van der Waals surface area contributed by atoms with E-state index in [1.807, 2.05) is 0 Å². The Bertz CT molecular complexity index is 716. The molecule has 0 radical (unpaired) electrons. The molecule has 32 heavy (non-hydrogen) atoms. The fourth-order valence-electron chi connectivity index (χ4n) is 4.95. The average molecular weight is 436 g/mol. The number of ether oxygens (including phenoxy) is 1. The van der Waals surface area contributed by atoms with Gasteiger partial charge >= 0.3 is 0 Å². The van der Waals surface area contributed by atoms with E-state index in [-0.39, 0.29) is 0 Å². The van der Waals surface area contributed by atoms with Crippen LogP contribution in [0.2, 0.25) is 0 Å². The minimum absolute atomic E-state index is 0.829. The fraction of sp³-hybridized carbons (Fsp3) is 0.633. The smallest absolute Gasteiger partial charge is 0.119 e. The van der Waals surface area contributed by atoms with Gasteiger partial charge in [0.05, 0.1) is 12.3 Å². The Morgan fingerprint density at radius 2 is 1.50 bits per heavy atom. The fourth-order valence-corrected chi connectivity index (χ4v) is 4.95. The molecule has 1 aliphatic carbocycles. The number of rotatable bonds is 16. The van der Waals surface area contributed by atoms with Crippen LogP contribution in [-0.4, -0.2) is 11.6 Å². The Morgan fingerprint density at radius 1 is 0.781 bits per heavy atom. The van der Waals surface area contributed by atoms with Crippen LogP contribution in [0, 0.1) is 5.92 Å². The molecule has 0 saturated heterocycles. The van der Waals surface area contributed by atoms with Gasteiger partial charge in [0, 0.05) is 11.8 Å². The first-order chi connectivity index (χ1) is 15.8. The van der Waals surface area contributed by atoms with Gasteiger partial charge in [0.15, 0.2) is 0 Å². The third-order valence-electron chi connectivity index (χ3n) is 7.04. The summed E-state index contributed by atoms with van der Waals surface area (Å²) in [5.74, 6) is 1.99. The number of hydrogen-bond acceptors (Lipinski definition) is 2. The lowest BCUT2D eigenvalue weighted by atomic mass is 10.0. The predicted octanol–water partition coefficient (Wildman–Crippen LogP) is 9.17. The topological polar surface area (TPSA) is 22.1 Å². The minimum Gasteiger partial charge on any atom is -0.494 e. The molecular weight excluding hydrogens is 390 g/mol. The van der Waals surface area contributed by atoms with Gasteiger partial charge in [-0.2, -0.15) is 0 Å². The number of aryl methyl sites for hydroxylation is 1. The van der Waals surface area contributed by atoms with Crippen LogP contribution in [0.25, 0.3) is 11.3 Å². The van der Waals surface area contributed by atoms with Crippen molar-refractivity contribution < 1.29 is 4.74 Å². The van der Waals surface area contributed by atoms with E-state index in [0.29, 0.717) is 0 Å². The molecule has 0 spiro atoms. The number of benzene rings is 1. The number of unbranched alkanes of at least 4 members (excludes halogenated alkanes) is 8. The minimum atomic E-state index is 0.829. The van der Waals surface area contributed by atoms with Crippen LogP contribution in [-0.2, 0) is 6.42 Å². The van der Waals surface area contributed by atoms with Gasteiger partial charge in [0.2, 0.25) is 0 Å². The van der Waals surface area contributed by atoms with E-state index in [0.717, 1.165) is 42.4 Å². The van der Waals surface area contributed by atoms with Crippen molar-refractivity contribution in [3.05, 3.63) is 48.2 Å². The van der Waals surface area contributed by atoms with Crippen LogP contribution in [0.3, 0.4) is 0 Å². The lowest BCUT2D eigenvalue weighted by molar-refractivity contribution is 0.302. The SMILES string of the molecule is CCCCCCCCCc1ccc(-c2ccc(OCCCCCC3CCCC3)cc2)nc1. The number of aromatic nitrogens is 1. The highest BCUT2D eigenvalue weighted by molar-refractivity contribution is 5.60. The average Bonchev–Trinajstić information content (AvgIpc) is 3.35. The second-order valence-corrected chi connectivity index (χ2v) is 9.80. The highest BCUT2D eigenvalue weighted by Crippen LogP contribution is 2.29. The molecule has 3 rings (SSSR count). The normalized spacial score (nSPS) is 14.2. The van der Waals surface area contributed by atoms with Gasteiger partial charge in [-0.3, -0.25) is 4.98 Å². The third kappa shape index (κ3) is 9.35. The lowest BCUT2D eigenvalue weighted by Crippen LogP contribution is -1.98. The summed E-state index contributed by atoms with van der Waals surface area (Å²) in [6.07, 6.45) is 23.8. The van der Waals surface area contributed by atoms with Crippen molar-refractivity contribution in [2.75, 3.05) is 6.61 Å². The summed E-state index contributed by atoms with van der Waals surface area (Å²) in [6.45, 7) is 3.11. The summed E-state index contributed by atoms with van der Waals surface area (Å²) in [5, 5.41) is 0. The van der Waals surface area contributed by atoms with Crippen molar-refractivity contribution in [3.63, 3.8) is 0 Å². The zero-order valence-electron chi connectivity index (χ0n) is 20.5. The third-order valence-corrected chi connectivity index (χ3v) is 7.04. The highest BCUT2D eigenvalue weighted by Gasteiger charge is 2.13. The number of nitrogens with zero attached hydrogens (tertiary/aromatic N) is 1. The molecule has 1 fully saturated rings. The Balaban J connectivity index is 1.29. The molecule has 0 unspecified atom stereocenters. The first-order valence-corrected chi connectivity index (χ1v) is 13.5. The summed E-state index contributed by atoms with van der Waals surface area (Å²) in [4.78, 5) is 4.71. The quantitative estimate of drug-likeness (QED) is 0.245. The molecule has 2 heteroatoms. The van der Waals surface area contributed by atoms with Crippen molar-refractivity contribution in [2.24, 2.45) is 5.92 Å². The van der Waals surface area contributed by atoms with E-state index in [4.69, 9.17) is 9.72 Å². The van der Waals surface area contributed by atoms with Gasteiger partial charge in [0.25, 0.3) is 0 Å². The Kier molecular flexibility index (Phi) is 11.7. The molecule has 2 aromatic rings. The van der Waals surface area contributed by atoms with Crippen molar-refractivity contribution in [1.82, 2.24) is 4.98 Å². The van der Waals surface area contributed by atoms with Gasteiger partial charge in [-0.1, -0.05) is 96.5 Å². The predicted molar refractivity (Wildman–Crippen MR) is 137 cm³/mol. The van der Waals surface area contributed by atoms with Crippen molar-refractivity contribution >= 4 is 0 Å². The van der Waals surface area contributed by atoms with Crippen LogP contribution >= 0.6 is 0 Å². The maximum atomic E-state index is 5.95. The first-order valence-electron chi connectivity index (χ1n) is 13.5. The van der Waals surface area contributed by atoms with Gasteiger partial charge in [-0.15, -0.1) is 0 Å². The van der Waals surface area contributed by atoms with E-state index in [1.54, 1.807) is 0 Å². The largest absolute Gasteiger partial charge is 0.494 e. The zero-order valence-corrected chi connectivity index (χ0v) is 20.5. The molecule has 0 atom stereocenters. The van der Waals surface area contributed by atoms with Crippen LogP contribution in [0.15, 0.2) is 42.6 Å². The second kappa shape index (κ2) is 15.1. The second-order valence-electron chi connectivity index (χ2n) is 9.80. The Labute approximate surface area is 197 Å². The maximum Gasteiger partial charge on any atom is 0.119 e. The summed E-state index contributed by atoms with van der Waals surface area (Å²) in [7, 11) is 0. The van der Waals surface area contributed by atoms with Crippen LogP contribution in [0.1, 0.15) is 109 Å². The Morgan fingerprint density at radius 3 is 2.22 bits per heavy atom. The monoisotopic (exact) mass is 435 g/mol. The number of hydrogen-bond donors (Lipinski definition) is 0. The van der Waals surface area contributed by atoms with Crippen molar-refractivity contribution in [1.29, 1.82) is 0 Å². The molecule has 0 amide bonds. The molecule has 0 bridgehead atoms. The molecule has 0 N–H and O–H groups in total. The highest BCUT2D eigenvalue weighted by atomic mass is 16.5. The van der Waals surface area contributed by atoms with Crippen molar-refractivity contribution in [3.8, 4) is 17.0 Å². The van der Waals surface area contributed by atoms with Crippen LogP contribution in [0.4, 0.5) is 0 Å². The molecular formula is C30H45NO. The molecule has 1 aliphatic rings. The van der Waals surface area contributed by atoms with E-state index in [1.165, 1.54) is 95.5 Å². The van der Waals surface area contributed by atoms with Gasteiger partial charge in [-0.05, 0) is 61.1 Å². The van der Waals surface area contributed by atoms with Crippen LogP contribution in [0.5, 0.6) is 5.75 Å². The number of pyridine rings is 1. The summed E-state index contributed by atoms with van der Waals surface area (Å²) < 4.78 is 5.95. The van der Waals surface area contributed by atoms with Gasteiger partial charge in [0.1, 0.15) is 5.75 Å². The van der Waals surface area contributed by atoms with Gasteiger partial charge in [-0.25, -0.2) is 0 Å². The summed E-state index contributed by atoms with van der Waals surface area (Å²) in [6, 6.07) is 12.8. The zero-order chi connectivity index (χ0) is 22.3. The van der Waals surface area contributed by atoms with E-state index in [2.05, 4.69) is 49.5 Å². The van der Waals surface area contributed by atoms with E-state index >= 15 is 0 Å². The maximum absolute atomic E-state index is 5.95. The van der Waals surface area contributed by atoms with Crippen molar-refractivity contribution in [2.45, 2.75) is 110 Å². The van der Waals surface area contributed by atoms with E-state index < -0.39 is 0 Å². The molecule has 2 nitrogen and oxygen atoms in total. The molecule has 0 aliphatic heterocycles. The van der Waals surface area contributed by atoms with Gasteiger partial charge < -0.3 is 4.74 Å². The lowest BCUT2D eigenvalue weighted by Gasteiger charge is -2.09. The first kappa shape index (κ1) is 24.8. The molecule has 1 heterocycles. The van der Waals surface area contributed by atoms with E-state index in [9.17, 15) is 0 Å². The standard InChI is InChI=1S/C30H45NO/c1-2-3-4-5-6-7-9-17-27-18-23-30(31-25-27)28-19-21-29(22-20-28)32-24-13-8-10-14-26-15-11-12-16-26/h18-23,25-26H,2-17,24H2,1H3. The molecule has 1 saturated carbocycles. The molecule has 176 valence electrons. The van der Waals surface area contributed by atoms with Crippen LogP contribution < -0.4 is 4.74 Å². The Hall–Kier alpha value is -1.83.